The molecular weight excluding hydrogens is 324 g/mol. The second-order valence-electron chi connectivity index (χ2n) is 5.45. The predicted molar refractivity (Wildman–Crippen MR) is 98.9 cm³/mol. The molecule has 0 fully saturated rings. The van der Waals surface area contributed by atoms with Gasteiger partial charge in [0.15, 0.2) is 5.96 Å². The smallest absolute Gasteiger partial charge is 0.191 e. The minimum Gasteiger partial charge on any atom is -0.497 e. The molecule has 2 N–H and O–H groups in total. The second kappa shape index (κ2) is 9.13. The molecule has 128 valence electrons. The molecule has 0 aliphatic rings. The molecule has 0 saturated carbocycles. The average molecular weight is 347 g/mol. The second-order valence-corrected chi connectivity index (χ2v) is 5.84. The molecule has 0 spiro atoms. The number of ether oxygens (including phenoxy) is 1. The largest absolute Gasteiger partial charge is 0.497 e. The Bertz CT molecular complexity index is 686. The Hall–Kier alpha value is -2.27. The van der Waals surface area contributed by atoms with Gasteiger partial charge in [-0.05, 0) is 48.2 Å². The van der Waals surface area contributed by atoms with Crippen molar-refractivity contribution in [1.82, 2.24) is 15.6 Å². The Morgan fingerprint density at radius 1 is 1.21 bits per heavy atom. The highest BCUT2D eigenvalue weighted by Crippen LogP contribution is 2.16. The number of rotatable bonds is 6. The zero-order valence-electron chi connectivity index (χ0n) is 14.3. The molecule has 0 atom stereocenters. The van der Waals surface area contributed by atoms with E-state index < -0.39 is 0 Å². The number of aryl methyl sites for hydroxylation is 1. The summed E-state index contributed by atoms with van der Waals surface area (Å²) >= 11 is 5.79. The van der Waals surface area contributed by atoms with Gasteiger partial charge >= 0.3 is 0 Å². The van der Waals surface area contributed by atoms with Crippen molar-refractivity contribution in [3.8, 4) is 5.75 Å². The van der Waals surface area contributed by atoms with E-state index >= 15 is 0 Å². The number of methoxy groups -OCH3 is 1. The first-order valence-electron chi connectivity index (χ1n) is 7.80. The molecule has 1 heterocycles. The van der Waals surface area contributed by atoms with Crippen molar-refractivity contribution < 1.29 is 4.74 Å². The lowest BCUT2D eigenvalue weighted by atomic mass is 10.1. The molecule has 0 saturated heterocycles. The van der Waals surface area contributed by atoms with Crippen LogP contribution >= 0.6 is 11.6 Å². The molecule has 0 bridgehead atoms. The Labute approximate surface area is 148 Å². The topological polar surface area (TPSA) is 58.5 Å². The van der Waals surface area contributed by atoms with Crippen LogP contribution in [-0.2, 0) is 13.0 Å². The van der Waals surface area contributed by atoms with Crippen LogP contribution in [0.2, 0.25) is 5.15 Å². The monoisotopic (exact) mass is 346 g/mol. The summed E-state index contributed by atoms with van der Waals surface area (Å²) in [4.78, 5) is 8.32. The first kappa shape index (κ1) is 18.1. The van der Waals surface area contributed by atoms with Gasteiger partial charge in [0.25, 0.3) is 0 Å². The molecule has 1 aromatic heterocycles. The van der Waals surface area contributed by atoms with Gasteiger partial charge in [-0.25, -0.2) is 4.98 Å². The summed E-state index contributed by atoms with van der Waals surface area (Å²) in [5.41, 5.74) is 3.45. The SMILES string of the molecule is CN=C(NCCc1ccc(Cl)nc1)NCc1cc(C)cc(OC)c1. The third kappa shape index (κ3) is 5.74. The number of hydrogen-bond acceptors (Lipinski definition) is 3. The lowest BCUT2D eigenvalue weighted by Crippen LogP contribution is -2.37. The third-order valence-corrected chi connectivity index (χ3v) is 3.75. The number of aromatic nitrogens is 1. The fraction of sp³-hybridized carbons (Fsp3) is 0.333. The molecule has 2 aromatic rings. The number of benzene rings is 1. The number of nitrogens with one attached hydrogen (secondary N) is 2. The molecule has 0 aliphatic carbocycles. The number of guanidine groups is 1. The summed E-state index contributed by atoms with van der Waals surface area (Å²) in [5, 5.41) is 7.11. The van der Waals surface area contributed by atoms with Crippen molar-refractivity contribution in [1.29, 1.82) is 0 Å². The van der Waals surface area contributed by atoms with Crippen molar-refractivity contribution in [2.24, 2.45) is 4.99 Å². The normalized spacial score (nSPS) is 11.2. The summed E-state index contributed by atoms with van der Waals surface area (Å²) in [5.74, 6) is 1.63. The number of nitrogens with zero attached hydrogens (tertiary/aromatic N) is 2. The molecule has 24 heavy (non-hydrogen) atoms. The predicted octanol–water partition coefficient (Wildman–Crippen LogP) is 2.96. The molecule has 1 aromatic carbocycles. The highest BCUT2D eigenvalue weighted by Gasteiger charge is 2.02. The molecule has 0 aliphatic heterocycles. The van der Waals surface area contributed by atoms with E-state index in [9.17, 15) is 0 Å². The zero-order chi connectivity index (χ0) is 17.4. The van der Waals surface area contributed by atoms with Gasteiger partial charge in [0.1, 0.15) is 10.9 Å². The van der Waals surface area contributed by atoms with E-state index in [1.54, 1.807) is 26.4 Å². The van der Waals surface area contributed by atoms with Gasteiger partial charge in [-0.3, -0.25) is 4.99 Å². The first-order valence-corrected chi connectivity index (χ1v) is 8.18. The van der Waals surface area contributed by atoms with Crippen LogP contribution < -0.4 is 15.4 Å². The fourth-order valence-electron chi connectivity index (χ4n) is 2.33. The number of pyridine rings is 1. The van der Waals surface area contributed by atoms with Gasteiger partial charge in [0.2, 0.25) is 0 Å². The van der Waals surface area contributed by atoms with E-state index in [0.717, 1.165) is 35.8 Å². The van der Waals surface area contributed by atoms with Gasteiger partial charge < -0.3 is 15.4 Å². The van der Waals surface area contributed by atoms with E-state index in [0.29, 0.717) is 11.7 Å². The number of aliphatic imine (C=N–C) groups is 1. The molecule has 0 unspecified atom stereocenters. The maximum absolute atomic E-state index is 5.79. The summed E-state index contributed by atoms with van der Waals surface area (Å²) < 4.78 is 5.30. The zero-order valence-corrected chi connectivity index (χ0v) is 15.0. The summed E-state index contributed by atoms with van der Waals surface area (Å²) in [6, 6.07) is 9.94. The molecule has 6 heteroatoms. The standard InChI is InChI=1S/C18H23ClN4O/c1-13-8-15(10-16(9-13)24-3)12-23-18(20-2)21-7-6-14-4-5-17(19)22-11-14/h4-5,8-11H,6-7,12H2,1-3H3,(H2,20,21,23). The van der Waals surface area contributed by atoms with Crippen LogP contribution in [0.3, 0.4) is 0 Å². The minimum atomic E-state index is 0.512. The maximum atomic E-state index is 5.79. The van der Waals surface area contributed by atoms with Crippen LogP contribution in [0.4, 0.5) is 0 Å². The van der Waals surface area contributed by atoms with Crippen LogP contribution in [0, 0.1) is 6.92 Å². The molecule has 0 amide bonds. The lowest BCUT2D eigenvalue weighted by molar-refractivity contribution is 0.414. The van der Waals surface area contributed by atoms with Crippen molar-refractivity contribution in [2.45, 2.75) is 19.9 Å². The Kier molecular flexibility index (Phi) is 6.88. The van der Waals surface area contributed by atoms with Crippen molar-refractivity contribution in [3.05, 3.63) is 58.4 Å². The molecule has 2 rings (SSSR count). The van der Waals surface area contributed by atoms with E-state index in [1.807, 2.05) is 18.2 Å². The average Bonchev–Trinajstić information content (AvgIpc) is 2.59. The lowest BCUT2D eigenvalue weighted by Gasteiger charge is -2.13. The van der Waals surface area contributed by atoms with E-state index in [4.69, 9.17) is 16.3 Å². The van der Waals surface area contributed by atoms with Crippen LogP contribution in [0.1, 0.15) is 16.7 Å². The van der Waals surface area contributed by atoms with E-state index in [-0.39, 0.29) is 0 Å². The fourth-order valence-corrected chi connectivity index (χ4v) is 2.44. The van der Waals surface area contributed by atoms with Crippen LogP contribution in [0.25, 0.3) is 0 Å². The number of hydrogen-bond donors (Lipinski definition) is 2. The molecule has 0 radical (unpaired) electrons. The minimum absolute atomic E-state index is 0.512. The van der Waals surface area contributed by atoms with E-state index in [2.05, 4.69) is 33.6 Å². The maximum Gasteiger partial charge on any atom is 0.191 e. The van der Waals surface area contributed by atoms with Crippen LogP contribution in [0.15, 0.2) is 41.5 Å². The summed E-state index contributed by atoms with van der Waals surface area (Å²) in [6.45, 7) is 3.50. The Balaban J connectivity index is 1.82. The number of halogens is 1. The highest BCUT2D eigenvalue weighted by molar-refractivity contribution is 6.29. The Morgan fingerprint density at radius 2 is 2.04 bits per heavy atom. The highest BCUT2D eigenvalue weighted by atomic mass is 35.5. The van der Waals surface area contributed by atoms with Crippen LogP contribution in [0.5, 0.6) is 5.75 Å². The van der Waals surface area contributed by atoms with Gasteiger partial charge in [-0.2, -0.15) is 0 Å². The van der Waals surface area contributed by atoms with E-state index in [1.165, 1.54) is 5.56 Å². The summed E-state index contributed by atoms with van der Waals surface area (Å²) in [7, 11) is 3.44. The quantitative estimate of drug-likeness (QED) is 0.479. The molecular formula is C18H23ClN4O. The van der Waals surface area contributed by atoms with Crippen molar-refractivity contribution >= 4 is 17.6 Å². The van der Waals surface area contributed by atoms with Gasteiger partial charge in [0.05, 0.1) is 7.11 Å². The molecule has 5 nitrogen and oxygen atoms in total. The van der Waals surface area contributed by atoms with Crippen LogP contribution in [-0.4, -0.2) is 31.6 Å². The first-order chi connectivity index (χ1) is 11.6. The summed E-state index contributed by atoms with van der Waals surface area (Å²) in [6.07, 6.45) is 2.64. The van der Waals surface area contributed by atoms with Crippen molar-refractivity contribution in [2.75, 3.05) is 20.7 Å². The van der Waals surface area contributed by atoms with Gasteiger partial charge in [0, 0.05) is 26.3 Å². The van der Waals surface area contributed by atoms with Crippen molar-refractivity contribution in [3.63, 3.8) is 0 Å². The third-order valence-electron chi connectivity index (χ3n) is 3.52. The Morgan fingerprint density at radius 3 is 2.71 bits per heavy atom. The van der Waals surface area contributed by atoms with Gasteiger partial charge in [-0.15, -0.1) is 0 Å². The van der Waals surface area contributed by atoms with Gasteiger partial charge in [-0.1, -0.05) is 23.7 Å².